The average Bonchev–Trinajstić information content (AvgIpc) is 3.01. The van der Waals surface area contributed by atoms with Gasteiger partial charge in [-0.05, 0) is 24.6 Å². The fourth-order valence-electron chi connectivity index (χ4n) is 1.98. The number of hydrogen-bond donors (Lipinski definition) is 1. The largest absolute Gasteiger partial charge is 0.467 e. The maximum absolute atomic E-state index is 11.9. The van der Waals surface area contributed by atoms with E-state index in [9.17, 15) is 4.79 Å². The monoisotopic (exact) mass is 272 g/mol. The molecule has 0 spiro atoms. The molecule has 20 heavy (non-hydrogen) atoms. The lowest BCUT2D eigenvalue weighted by Gasteiger charge is -2.20. The summed E-state index contributed by atoms with van der Waals surface area (Å²) in [7, 11) is 1.80. The summed E-state index contributed by atoms with van der Waals surface area (Å²) < 4.78 is 5.48. The van der Waals surface area contributed by atoms with Crippen LogP contribution in [0.5, 0.6) is 0 Å². The van der Waals surface area contributed by atoms with E-state index in [1.165, 1.54) is 0 Å². The minimum atomic E-state index is -0.111. The number of benzene rings is 1. The Morgan fingerprint density at radius 3 is 2.60 bits per heavy atom. The van der Waals surface area contributed by atoms with E-state index in [0.29, 0.717) is 6.54 Å². The van der Waals surface area contributed by atoms with E-state index in [4.69, 9.17) is 4.42 Å². The van der Waals surface area contributed by atoms with Crippen LogP contribution in [-0.4, -0.2) is 30.9 Å². The van der Waals surface area contributed by atoms with Crippen LogP contribution in [0.15, 0.2) is 53.1 Å². The Balaban J connectivity index is 2.11. The summed E-state index contributed by atoms with van der Waals surface area (Å²) in [5.74, 6) is 0.878. The van der Waals surface area contributed by atoms with Gasteiger partial charge < -0.3 is 9.32 Å². The van der Waals surface area contributed by atoms with Crippen LogP contribution < -0.4 is 5.32 Å². The fraction of sp³-hybridized carbons (Fsp3) is 0.312. The number of amides is 1. The van der Waals surface area contributed by atoms with Gasteiger partial charge in [-0.25, -0.2) is 0 Å². The lowest BCUT2D eigenvalue weighted by atomic mass is 10.0. The highest BCUT2D eigenvalue weighted by molar-refractivity contribution is 5.78. The standard InChI is InChI=1S/C16H20N2O2/c1-3-18(2)15(19)12-17-16(14-10-7-11-20-14)13-8-5-4-6-9-13/h4-11,16-17H,3,12H2,1-2H3. The van der Waals surface area contributed by atoms with E-state index in [1.807, 2.05) is 49.4 Å². The van der Waals surface area contributed by atoms with E-state index in [2.05, 4.69) is 5.32 Å². The molecule has 4 heteroatoms. The maximum Gasteiger partial charge on any atom is 0.236 e. The first-order chi connectivity index (χ1) is 9.72. The van der Waals surface area contributed by atoms with Gasteiger partial charge in [0.2, 0.25) is 5.91 Å². The van der Waals surface area contributed by atoms with E-state index in [1.54, 1.807) is 18.2 Å². The SMILES string of the molecule is CCN(C)C(=O)CNC(c1ccccc1)c1ccco1. The van der Waals surface area contributed by atoms with Gasteiger partial charge in [0.05, 0.1) is 18.8 Å². The number of carbonyl (C=O) groups excluding carboxylic acids is 1. The topological polar surface area (TPSA) is 45.5 Å². The van der Waals surface area contributed by atoms with Gasteiger partial charge >= 0.3 is 0 Å². The maximum atomic E-state index is 11.9. The predicted molar refractivity (Wildman–Crippen MR) is 78.3 cm³/mol. The van der Waals surface area contributed by atoms with Crippen molar-refractivity contribution in [1.29, 1.82) is 0 Å². The highest BCUT2D eigenvalue weighted by Crippen LogP contribution is 2.21. The van der Waals surface area contributed by atoms with Crippen LogP contribution in [-0.2, 0) is 4.79 Å². The van der Waals surface area contributed by atoms with E-state index in [0.717, 1.165) is 11.3 Å². The van der Waals surface area contributed by atoms with Crippen LogP contribution in [0.2, 0.25) is 0 Å². The van der Waals surface area contributed by atoms with Crippen molar-refractivity contribution in [3.05, 3.63) is 60.1 Å². The van der Waals surface area contributed by atoms with Gasteiger partial charge in [0, 0.05) is 13.6 Å². The zero-order valence-electron chi connectivity index (χ0n) is 11.9. The summed E-state index contributed by atoms with van der Waals surface area (Å²) in [6.07, 6.45) is 1.65. The van der Waals surface area contributed by atoms with Crippen molar-refractivity contribution in [1.82, 2.24) is 10.2 Å². The summed E-state index contributed by atoms with van der Waals surface area (Å²) in [6, 6.07) is 13.6. The fourth-order valence-corrected chi connectivity index (χ4v) is 1.98. The van der Waals surface area contributed by atoms with Gasteiger partial charge in [0.25, 0.3) is 0 Å². The smallest absolute Gasteiger partial charge is 0.236 e. The third-order valence-corrected chi connectivity index (χ3v) is 3.32. The second-order valence-corrected chi connectivity index (χ2v) is 4.65. The van der Waals surface area contributed by atoms with Crippen molar-refractivity contribution in [2.75, 3.05) is 20.1 Å². The van der Waals surface area contributed by atoms with Crippen LogP contribution in [0, 0.1) is 0 Å². The number of nitrogens with zero attached hydrogens (tertiary/aromatic N) is 1. The summed E-state index contributed by atoms with van der Waals surface area (Å²) in [6.45, 7) is 2.95. The molecule has 1 atom stereocenters. The lowest BCUT2D eigenvalue weighted by molar-refractivity contribution is -0.128. The van der Waals surface area contributed by atoms with E-state index in [-0.39, 0.29) is 18.5 Å². The van der Waals surface area contributed by atoms with E-state index >= 15 is 0 Å². The Morgan fingerprint density at radius 1 is 1.25 bits per heavy atom. The molecule has 4 nitrogen and oxygen atoms in total. The number of hydrogen-bond acceptors (Lipinski definition) is 3. The Kier molecular flexibility index (Phi) is 4.96. The third-order valence-electron chi connectivity index (χ3n) is 3.32. The molecule has 1 heterocycles. The molecule has 1 aromatic carbocycles. The van der Waals surface area contributed by atoms with Crippen LogP contribution in [0.4, 0.5) is 0 Å². The van der Waals surface area contributed by atoms with Crippen molar-refractivity contribution >= 4 is 5.91 Å². The number of furan rings is 1. The highest BCUT2D eigenvalue weighted by atomic mass is 16.3. The molecule has 2 rings (SSSR count). The molecule has 0 radical (unpaired) electrons. The predicted octanol–water partition coefficient (Wildman–Crippen LogP) is 2.44. The first-order valence-electron chi connectivity index (χ1n) is 6.78. The van der Waals surface area contributed by atoms with Crippen molar-refractivity contribution in [2.24, 2.45) is 0 Å². The quantitative estimate of drug-likeness (QED) is 0.878. The van der Waals surface area contributed by atoms with Crippen molar-refractivity contribution in [3.8, 4) is 0 Å². The molecule has 1 unspecified atom stereocenters. The van der Waals surface area contributed by atoms with Gasteiger partial charge in [0.15, 0.2) is 0 Å². The van der Waals surface area contributed by atoms with Crippen molar-refractivity contribution in [2.45, 2.75) is 13.0 Å². The van der Waals surface area contributed by atoms with Gasteiger partial charge in [-0.1, -0.05) is 30.3 Å². The van der Waals surface area contributed by atoms with Crippen molar-refractivity contribution < 1.29 is 9.21 Å². The zero-order chi connectivity index (χ0) is 14.4. The van der Waals surface area contributed by atoms with Crippen LogP contribution in [0.25, 0.3) is 0 Å². The molecule has 0 aliphatic rings. The van der Waals surface area contributed by atoms with Crippen molar-refractivity contribution in [3.63, 3.8) is 0 Å². The normalized spacial score (nSPS) is 12.1. The summed E-state index contributed by atoms with van der Waals surface area (Å²) in [4.78, 5) is 13.6. The number of nitrogens with one attached hydrogen (secondary N) is 1. The molecule has 0 saturated heterocycles. The number of likely N-dealkylation sites (N-methyl/N-ethyl adjacent to an activating group) is 1. The van der Waals surface area contributed by atoms with Gasteiger partial charge in [0.1, 0.15) is 5.76 Å². The summed E-state index contributed by atoms with van der Waals surface area (Å²) >= 11 is 0. The molecule has 0 saturated carbocycles. The average molecular weight is 272 g/mol. The molecule has 1 aromatic heterocycles. The van der Waals surface area contributed by atoms with Gasteiger partial charge in [-0.2, -0.15) is 0 Å². The second-order valence-electron chi connectivity index (χ2n) is 4.65. The molecule has 106 valence electrons. The molecular formula is C16H20N2O2. The minimum Gasteiger partial charge on any atom is -0.467 e. The Labute approximate surface area is 119 Å². The van der Waals surface area contributed by atoms with Crippen LogP contribution in [0.1, 0.15) is 24.3 Å². The first-order valence-corrected chi connectivity index (χ1v) is 6.78. The third kappa shape index (κ3) is 3.48. The molecule has 0 aliphatic carbocycles. The second kappa shape index (κ2) is 6.91. The number of rotatable bonds is 6. The Hall–Kier alpha value is -2.07. The van der Waals surface area contributed by atoms with Crippen LogP contribution >= 0.6 is 0 Å². The van der Waals surface area contributed by atoms with Gasteiger partial charge in [-0.15, -0.1) is 0 Å². The summed E-state index contributed by atoms with van der Waals surface area (Å²) in [5, 5.41) is 3.27. The Bertz CT molecular complexity index is 523. The molecule has 2 aromatic rings. The molecule has 0 fully saturated rings. The molecule has 1 amide bonds. The molecule has 0 aliphatic heterocycles. The lowest BCUT2D eigenvalue weighted by Crippen LogP contribution is -2.37. The minimum absolute atomic E-state index is 0.0694. The van der Waals surface area contributed by atoms with Crippen LogP contribution in [0.3, 0.4) is 0 Å². The molecule has 1 N–H and O–H groups in total. The number of carbonyl (C=O) groups is 1. The zero-order valence-corrected chi connectivity index (χ0v) is 11.9. The highest BCUT2D eigenvalue weighted by Gasteiger charge is 2.18. The first kappa shape index (κ1) is 14.3. The van der Waals surface area contributed by atoms with E-state index < -0.39 is 0 Å². The van der Waals surface area contributed by atoms with Gasteiger partial charge in [-0.3, -0.25) is 10.1 Å². The summed E-state index contributed by atoms with van der Waals surface area (Å²) in [5.41, 5.74) is 1.08. The molecular weight excluding hydrogens is 252 g/mol. The Morgan fingerprint density at radius 2 is 2.00 bits per heavy atom. The molecule has 0 bridgehead atoms.